The minimum atomic E-state index is -0.623. The maximum absolute atomic E-state index is 12.1. The highest BCUT2D eigenvalue weighted by molar-refractivity contribution is 5.93. The van der Waals surface area contributed by atoms with Gasteiger partial charge in [-0.2, -0.15) is 5.26 Å². The van der Waals surface area contributed by atoms with Crippen molar-refractivity contribution < 1.29 is 9.90 Å². The number of amides is 1. The zero-order valence-corrected chi connectivity index (χ0v) is 10.6. The molecule has 3 rings (SSSR count). The van der Waals surface area contributed by atoms with Crippen LogP contribution in [-0.2, 0) is 6.42 Å². The molecule has 1 amide bonds. The summed E-state index contributed by atoms with van der Waals surface area (Å²) in [6.45, 7) is 0. The van der Waals surface area contributed by atoms with Gasteiger partial charge in [0.25, 0.3) is 5.91 Å². The Morgan fingerprint density at radius 2 is 2.15 bits per heavy atom. The third-order valence-electron chi connectivity index (χ3n) is 3.54. The molecule has 5 heteroatoms. The monoisotopic (exact) mass is 267 g/mol. The highest BCUT2D eigenvalue weighted by Gasteiger charge is 2.32. The number of aliphatic hydroxyl groups excluding tert-OH is 1. The van der Waals surface area contributed by atoms with Crippen molar-refractivity contribution in [2.45, 2.75) is 18.6 Å². The third kappa shape index (κ3) is 2.06. The van der Waals surface area contributed by atoms with Gasteiger partial charge in [-0.05, 0) is 23.3 Å². The SMILES string of the molecule is N#Cc1ccc(C(=O)NC2c3ccccc3CC2O)[nH]1. The molecule has 5 nitrogen and oxygen atoms in total. The summed E-state index contributed by atoms with van der Waals surface area (Å²) in [6, 6.07) is 12.3. The molecule has 3 N–H and O–H groups in total. The van der Waals surface area contributed by atoms with Gasteiger partial charge in [-0.1, -0.05) is 24.3 Å². The maximum Gasteiger partial charge on any atom is 0.268 e. The van der Waals surface area contributed by atoms with Gasteiger partial charge in [-0.3, -0.25) is 4.79 Å². The number of fused-ring (bicyclic) bond motifs is 1. The number of aromatic nitrogens is 1. The van der Waals surface area contributed by atoms with Gasteiger partial charge in [0.15, 0.2) is 0 Å². The Labute approximate surface area is 115 Å². The summed E-state index contributed by atoms with van der Waals surface area (Å²) < 4.78 is 0. The fraction of sp³-hybridized carbons (Fsp3) is 0.200. The molecule has 2 unspecified atom stereocenters. The van der Waals surface area contributed by atoms with Crippen molar-refractivity contribution in [3.05, 3.63) is 58.9 Å². The van der Waals surface area contributed by atoms with E-state index in [4.69, 9.17) is 5.26 Å². The largest absolute Gasteiger partial charge is 0.390 e. The molecule has 1 aromatic carbocycles. The fourth-order valence-electron chi connectivity index (χ4n) is 2.56. The first-order valence-electron chi connectivity index (χ1n) is 6.35. The minimum absolute atomic E-state index is 0.318. The Balaban J connectivity index is 1.81. The molecule has 1 aliphatic carbocycles. The first-order chi connectivity index (χ1) is 9.69. The van der Waals surface area contributed by atoms with Gasteiger partial charge in [-0.25, -0.2) is 0 Å². The maximum atomic E-state index is 12.1. The van der Waals surface area contributed by atoms with Gasteiger partial charge in [0.05, 0.1) is 12.1 Å². The van der Waals surface area contributed by atoms with Crippen LogP contribution >= 0.6 is 0 Å². The smallest absolute Gasteiger partial charge is 0.268 e. The lowest BCUT2D eigenvalue weighted by atomic mass is 10.1. The van der Waals surface area contributed by atoms with Crippen LogP contribution in [0, 0.1) is 11.3 Å². The van der Waals surface area contributed by atoms with Crippen LogP contribution in [0.4, 0.5) is 0 Å². The molecule has 0 saturated carbocycles. The summed E-state index contributed by atoms with van der Waals surface area (Å²) in [4.78, 5) is 14.8. The molecule has 2 aromatic rings. The molecule has 1 aromatic heterocycles. The second kappa shape index (κ2) is 4.83. The number of benzene rings is 1. The first-order valence-corrected chi connectivity index (χ1v) is 6.35. The van der Waals surface area contributed by atoms with Gasteiger partial charge in [0.2, 0.25) is 0 Å². The van der Waals surface area contributed by atoms with Crippen molar-refractivity contribution in [1.29, 1.82) is 5.26 Å². The molecule has 0 spiro atoms. The number of rotatable bonds is 2. The number of nitriles is 1. The summed E-state index contributed by atoms with van der Waals surface area (Å²) in [7, 11) is 0. The topological polar surface area (TPSA) is 88.9 Å². The normalized spacial score (nSPS) is 20.2. The first kappa shape index (κ1) is 12.5. The van der Waals surface area contributed by atoms with Crippen LogP contribution in [0.5, 0.6) is 0 Å². The number of carbonyl (C=O) groups is 1. The molecule has 0 aliphatic heterocycles. The number of nitrogens with zero attached hydrogens (tertiary/aromatic N) is 1. The van der Waals surface area contributed by atoms with E-state index < -0.39 is 12.1 Å². The molecular weight excluding hydrogens is 254 g/mol. The molecule has 0 fully saturated rings. The number of aromatic amines is 1. The number of aliphatic hydroxyl groups is 1. The van der Waals surface area contributed by atoms with Gasteiger partial charge in [-0.15, -0.1) is 0 Å². The van der Waals surface area contributed by atoms with E-state index in [9.17, 15) is 9.90 Å². The number of hydrogen-bond donors (Lipinski definition) is 3. The predicted molar refractivity (Wildman–Crippen MR) is 71.9 cm³/mol. The zero-order valence-electron chi connectivity index (χ0n) is 10.6. The van der Waals surface area contributed by atoms with E-state index in [1.54, 1.807) is 12.1 Å². The standard InChI is InChI=1S/C15H13N3O2/c16-8-10-5-6-12(17-10)15(20)18-14-11-4-2-1-3-9(11)7-13(14)19/h1-6,13-14,17,19H,7H2,(H,18,20). The molecule has 1 aliphatic rings. The van der Waals surface area contributed by atoms with E-state index in [0.29, 0.717) is 17.8 Å². The quantitative estimate of drug-likeness (QED) is 0.765. The van der Waals surface area contributed by atoms with Crippen LogP contribution in [0.15, 0.2) is 36.4 Å². The van der Waals surface area contributed by atoms with Gasteiger partial charge in [0.1, 0.15) is 17.5 Å². The number of hydrogen-bond acceptors (Lipinski definition) is 3. The van der Waals surface area contributed by atoms with Gasteiger partial charge >= 0.3 is 0 Å². The number of carbonyl (C=O) groups excluding carboxylic acids is 1. The van der Waals surface area contributed by atoms with Crippen molar-refractivity contribution in [2.75, 3.05) is 0 Å². The average molecular weight is 267 g/mol. The highest BCUT2D eigenvalue weighted by Crippen LogP contribution is 2.31. The van der Waals surface area contributed by atoms with Crippen molar-refractivity contribution in [3.63, 3.8) is 0 Å². The molecule has 100 valence electrons. The fourth-order valence-corrected chi connectivity index (χ4v) is 2.56. The van der Waals surface area contributed by atoms with Crippen LogP contribution in [-0.4, -0.2) is 22.1 Å². The molecule has 20 heavy (non-hydrogen) atoms. The Bertz CT molecular complexity index is 699. The molecule has 0 radical (unpaired) electrons. The molecule has 0 bridgehead atoms. The Morgan fingerprint density at radius 3 is 2.90 bits per heavy atom. The average Bonchev–Trinajstić information content (AvgIpc) is 3.04. The lowest BCUT2D eigenvalue weighted by Crippen LogP contribution is -2.34. The Morgan fingerprint density at radius 1 is 1.35 bits per heavy atom. The van der Waals surface area contributed by atoms with E-state index in [1.165, 1.54) is 0 Å². The van der Waals surface area contributed by atoms with E-state index in [-0.39, 0.29) is 5.91 Å². The lowest BCUT2D eigenvalue weighted by molar-refractivity contribution is 0.0854. The van der Waals surface area contributed by atoms with Crippen LogP contribution < -0.4 is 5.32 Å². The van der Waals surface area contributed by atoms with E-state index in [1.807, 2.05) is 30.3 Å². The van der Waals surface area contributed by atoms with Crippen molar-refractivity contribution in [1.82, 2.24) is 10.3 Å². The Hall–Kier alpha value is -2.58. The number of H-pyrrole nitrogens is 1. The summed E-state index contributed by atoms with van der Waals surface area (Å²) in [5, 5.41) is 21.6. The van der Waals surface area contributed by atoms with Crippen LogP contribution in [0.25, 0.3) is 0 Å². The molecular formula is C15H13N3O2. The van der Waals surface area contributed by atoms with Crippen LogP contribution in [0.1, 0.15) is 33.4 Å². The molecule has 2 atom stereocenters. The minimum Gasteiger partial charge on any atom is -0.390 e. The number of nitrogens with one attached hydrogen (secondary N) is 2. The summed E-state index contributed by atoms with van der Waals surface area (Å²) in [6.07, 6.45) is -0.0864. The Kier molecular flexibility index (Phi) is 3.01. The summed E-state index contributed by atoms with van der Waals surface area (Å²) in [5.41, 5.74) is 2.65. The molecule has 0 saturated heterocycles. The third-order valence-corrected chi connectivity index (χ3v) is 3.54. The highest BCUT2D eigenvalue weighted by atomic mass is 16.3. The van der Waals surface area contributed by atoms with Crippen molar-refractivity contribution in [2.24, 2.45) is 0 Å². The van der Waals surface area contributed by atoms with E-state index in [0.717, 1.165) is 11.1 Å². The van der Waals surface area contributed by atoms with Crippen molar-refractivity contribution >= 4 is 5.91 Å². The summed E-state index contributed by atoms with van der Waals surface area (Å²) >= 11 is 0. The summed E-state index contributed by atoms with van der Waals surface area (Å²) in [5.74, 6) is -0.327. The van der Waals surface area contributed by atoms with E-state index in [2.05, 4.69) is 10.3 Å². The van der Waals surface area contributed by atoms with E-state index >= 15 is 0 Å². The second-order valence-electron chi connectivity index (χ2n) is 4.82. The van der Waals surface area contributed by atoms with Crippen LogP contribution in [0.3, 0.4) is 0 Å². The molecule has 1 heterocycles. The second-order valence-corrected chi connectivity index (χ2v) is 4.82. The van der Waals surface area contributed by atoms with Gasteiger partial charge < -0.3 is 15.4 Å². The van der Waals surface area contributed by atoms with Crippen molar-refractivity contribution in [3.8, 4) is 6.07 Å². The van der Waals surface area contributed by atoms with Gasteiger partial charge in [0, 0.05) is 6.42 Å². The van der Waals surface area contributed by atoms with Crippen LogP contribution in [0.2, 0.25) is 0 Å². The predicted octanol–water partition coefficient (Wildman–Crippen LogP) is 1.27. The lowest BCUT2D eigenvalue weighted by Gasteiger charge is -2.17. The zero-order chi connectivity index (χ0) is 14.1.